The highest BCUT2D eigenvalue weighted by Crippen LogP contribution is 2.23. The molecule has 2 N–H and O–H groups in total. The summed E-state index contributed by atoms with van der Waals surface area (Å²) in [5.41, 5.74) is 1.13. The van der Waals surface area contributed by atoms with Gasteiger partial charge in [-0.05, 0) is 40.5 Å². The van der Waals surface area contributed by atoms with E-state index in [9.17, 15) is 0 Å². The molecule has 90 valence electrons. The molecule has 0 aliphatic rings. The number of nitrogens with zero attached hydrogens (tertiary/aromatic N) is 2. The molecule has 0 aliphatic carbocycles. The summed E-state index contributed by atoms with van der Waals surface area (Å²) in [6.07, 6.45) is 1.50. The molecule has 1 heterocycles. The number of benzene rings is 1. The highest BCUT2D eigenvalue weighted by Gasteiger charge is 2.07. The van der Waals surface area contributed by atoms with Gasteiger partial charge >= 0.3 is 0 Å². The number of nitrogens with one attached hydrogen (secondary N) is 2. The van der Waals surface area contributed by atoms with Gasteiger partial charge in [-0.15, -0.1) is 0 Å². The quantitative estimate of drug-likeness (QED) is 0.911. The molecule has 2 aromatic rings. The first-order chi connectivity index (χ1) is 8.16. The minimum atomic E-state index is 0.125. The van der Waals surface area contributed by atoms with E-state index in [1.165, 1.54) is 6.33 Å². The molecule has 0 aliphatic heterocycles. The number of H-pyrrole nitrogens is 1. The molecule has 1 aromatic heterocycles. The van der Waals surface area contributed by atoms with E-state index in [0.717, 1.165) is 27.4 Å². The molecular formula is C11H12BrClN4. The van der Waals surface area contributed by atoms with E-state index in [4.69, 9.17) is 11.6 Å². The van der Waals surface area contributed by atoms with Crippen LogP contribution < -0.4 is 5.32 Å². The van der Waals surface area contributed by atoms with Gasteiger partial charge in [-0.2, -0.15) is 5.10 Å². The summed E-state index contributed by atoms with van der Waals surface area (Å²) >= 11 is 9.39. The third kappa shape index (κ3) is 3.28. The Morgan fingerprint density at radius 2 is 2.35 bits per heavy atom. The standard InChI is InChI=1S/C11H12BrClN4/c1-7(11-15-6-16-17-11)14-5-8-2-3-9(12)10(13)4-8/h2-4,6-7,14H,5H2,1H3,(H,15,16,17). The maximum Gasteiger partial charge on any atom is 0.141 e. The molecule has 0 saturated heterocycles. The van der Waals surface area contributed by atoms with Crippen LogP contribution in [0.3, 0.4) is 0 Å². The Hall–Kier alpha value is -0.910. The molecule has 2 rings (SSSR count). The van der Waals surface area contributed by atoms with Crippen LogP contribution in [0.1, 0.15) is 24.4 Å². The van der Waals surface area contributed by atoms with Crippen LogP contribution in [0.4, 0.5) is 0 Å². The second kappa shape index (κ2) is 5.62. The second-order valence-electron chi connectivity index (χ2n) is 3.72. The molecule has 0 spiro atoms. The van der Waals surface area contributed by atoms with Crippen LogP contribution >= 0.6 is 27.5 Å². The van der Waals surface area contributed by atoms with Crippen molar-refractivity contribution in [3.8, 4) is 0 Å². The van der Waals surface area contributed by atoms with Crippen molar-refractivity contribution in [1.82, 2.24) is 20.5 Å². The minimum Gasteiger partial charge on any atom is -0.303 e. The summed E-state index contributed by atoms with van der Waals surface area (Å²) in [5.74, 6) is 0.827. The number of aromatic nitrogens is 3. The Labute approximate surface area is 113 Å². The average molecular weight is 316 g/mol. The van der Waals surface area contributed by atoms with Crippen molar-refractivity contribution in [2.75, 3.05) is 0 Å². The molecule has 0 radical (unpaired) electrons. The van der Waals surface area contributed by atoms with Crippen LogP contribution in [0.2, 0.25) is 5.02 Å². The topological polar surface area (TPSA) is 53.6 Å². The summed E-state index contributed by atoms with van der Waals surface area (Å²) < 4.78 is 0.909. The average Bonchev–Trinajstić information content (AvgIpc) is 2.84. The Morgan fingerprint density at radius 3 is 3.00 bits per heavy atom. The van der Waals surface area contributed by atoms with Crippen LogP contribution in [0.5, 0.6) is 0 Å². The molecule has 0 amide bonds. The number of hydrogen-bond acceptors (Lipinski definition) is 3. The monoisotopic (exact) mass is 314 g/mol. The van der Waals surface area contributed by atoms with E-state index in [-0.39, 0.29) is 6.04 Å². The van der Waals surface area contributed by atoms with Crippen molar-refractivity contribution in [1.29, 1.82) is 0 Å². The lowest BCUT2D eigenvalue weighted by Gasteiger charge is -2.11. The number of halogens is 2. The van der Waals surface area contributed by atoms with Gasteiger partial charge in [-0.1, -0.05) is 17.7 Å². The van der Waals surface area contributed by atoms with Gasteiger partial charge in [0.15, 0.2) is 0 Å². The molecule has 1 unspecified atom stereocenters. The first kappa shape index (κ1) is 12.5. The van der Waals surface area contributed by atoms with Crippen molar-refractivity contribution >= 4 is 27.5 Å². The molecule has 4 nitrogen and oxygen atoms in total. The normalized spacial score (nSPS) is 12.6. The van der Waals surface area contributed by atoms with Crippen molar-refractivity contribution in [2.45, 2.75) is 19.5 Å². The predicted molar refractivity (Wildman–Crippen MR) is 70.8 cm³/mol. The second-order valence-corrected chi connectivity index (χ2v) is 4.98. The van der Waals surface area contributed by atoms with Gasteiger partial charge in [0.1, 0.15) is 12.2 Å². The van der Waals surface area contributed by atoms with Crippen LogP contribution in [-0.2, 0) is 6.54 Å². The van der Waals surface area contributed by atoms with E-state index in [2.05, 4.69) is 36.4 Å². The van der Waals surface area contributed by atoms with E-state index in [0.29, 0.717) is 0 Å². The Morgan fingerprint density at radius 1 is 1.53 bits per heavy atom. The van der Waals surface area contributed by atoms with Gasteiger partial charge in [0.25, 0.3) is 0 Å². The third-order valence-electron chi connectivity index (χ3n) is 2.44. The fraction of sp³-hybridized carbons (Fsp3) is 0.273. The molecular weight excluding hydrogens is 304 g/mol. The minimum absolute atomic E-state index is 0.125. The molecule has 17 heavy (non-hydrogen) atoms. The molecule has 0 bridgehead atoms. The summed E-state index contributed by atoms with van der Waals surface area (Å²) in [5, 5.41) is 10.7. The lowest BCUT2D eigenvalue weighted by Crippen LogP contribution is -2.19. The van der Waals surface area contributed by atoms with Crippen LogP contribution in [0.15, 0.2) is 29.0 Å². The van der Waals surface area contributed by atoms with E-state index >= 15 is 0 Å². The highest BCUT2D eigenvalue weighted by atomic mass is 79.9. The Balaban J connectivity index is 1.96. The Bertz CT molecular complexity index is 486. The van der Waals surface area contributed by atoms with Crippen molar-refractivity contribution < 1.29 is 0 Å². The summed E-state index contributed by atoms with van der Waals surface area (Å²) in [6.45, 7) is 2.76. The third-order valence-corrected chi connectivity index (χ3v) is 3.67. The zero-order valence-electron chi connectivity index (χ0n) is 9.24. The lowest BCUT2D eigenvalue weighted by molar-refractivity contribution is 0.548. The zero-order valence-corrected chi connectivity index (χ0v) is 11.6. The molecule has 6 heteroatoms. The fourth-order valence-corrected chi connectivity index (χ4v) is 1.89. The molecule has 1 atom stereocenters. The van der Waals surface area contributed by atoms with Crippen LogP contribution in [0, 0.1) is 0 Å². The van der Waals surface area contributed by atoms with Crippen LogP contribution in [0.25, 0.3) is 0 Å². The number of hydrogen-bond donors (Lipinski definition) is 2. The van der Waals surface area contributed by atoms with Crippen LogP contribution in [-0.4, -0.2) is 15.2 Å². The summed E-state index contributed by atoms with van der Waals surface area (Å²) in [7, 11) is 0. The highest BCUT2D eigenvalue weighted by molar-refractivity contribution is 9.10. The van der Waals surface area contributed by atoms with Crippen molar-refractivity contribution in [2.24, 2.45) is 0 Å². The largest absolute Gasteiger partial charge is 0.303 e. The van der Waals surface area contributed by atoms with Crippen molar-refractivity contribution in [3.05, 3.63) is 45.4 Å². The lowest BCUT2D eigenvalue weighted by atomic mass is 10.2. The summed E-state index contributed by atoms with van der Waals surface area (Å²) in [4.78, 5) is 4.10. The smallest absolute Gasteiger partial charge is 0.141 e. The van der Waals surface area contributed by atoms with Gasteiger partial charge in [-0.25, -0.2) is 4.98 Å². The zero-order chi connectivity index (χ0) is 12.3. The van der Waals surface area contributed by atoms with Gasteiger partial charge in [-0.3, -0.25) is 5.10 Å². The van der Waals surface area contributed by atoms with Gasteiger partial charge < -0.3 is 5.32 Å². The van der Waals surface area contributed by atoms with Gasteiger partial charge in [0, 0.05) is 11.0 Å². The first-order valence-corrected chi connectivity index (χ1v) is 6.36. The first-order valence-electron chi connectivity index (χ1n) is 5.19. The fourth-order valence-electron chi connectivity index (χ4n) is 1.44. The maximum atomic E-state index is 6.03. The Kier molecular flexibility index (Phi) is 4.15. The van der Waals surface area contributed by atoms with E-state index < -0.39 is 0 Å². The van der Waals surface area contributed by atoms with Crippen molar-refractivity contribution in [3.63, 3.8) is 0 Å². The van der Waals surface area contributed by atoms with Gasteiger partial charge in [0.05, 0.1) is 11.1 Å². The van der Waals surface area contributed by atoms with E-state index in [1.807, 2.05) is 25.1 Å². The summed E-state index contributed by atoms with van der Waals surface area (Å²) in [6, 6.07) is 6.03. The molecule has 0 saturated carbocycles. The molecule has 0 fully saturated rings. The predicted octanol–water partition coefficient (Wildman–Crippen LogP) is 3.07. The maximum absolute atomic E-state index is 6.03. The van der Waals surface area contributed by atoms with Gasteiger partial charge in [0.2, 0.25) is 0 Å². The SMILES string of the molecule is CC(NCc1ccc(Br)c(Cl)c1)c1ncn[nH]1. The molecule has 1 aromatic carbocycles. The van der Waals surface area contributed by atoms with E-state index in [1.54, 1.807) is 0 Å². The number of aromatic amines is 1. The number of rotatable bonds is 4.